The van der Waals surface area contributed by atoms with E-state index in [9.17, 15) is 19.8 Å². The van der Waals surface area contributed by atoms with Crippen LogP contribution in [0.15, 0.2) is 54.6 Å². The van der Waals surface area contributed by atoms with Crippen LogP contribution in [0, 0.1) is 5.41 Å². The van der Waals surface area contributed by atoms with E-state index in [1.165, 1.54) is 5.56 Å². The SMILES string of the molecule is O=C(CCc1ccc(Cl)cc1)N1CCCCC2(CCN(Cc3ccccc3)CC2)C(=O)OC[C@@H](O)[C@@H](O)CC1. The summed E-state index contributed by atoms with van der Waals surface area (Å²) in [7, 11) is 0. The van der Waals surface area contributed by atoms with Crippen LogP contribution in [0.25, 0.3) is 0 Å². The van der Waals surface area contributed by atoms with Gasteiger partial charge in [-0.1, -0.05) is 60.5 Å². The molecule has 0 aliphatic carbocycles. The Morgan fingerprint density at radius 3 is 2.33 bits per heavy atom. The fraction of sp³-hybridized carbons (Fsp3) is 0.548. The van der Waals surface area contributed by atoms with Gasteiger partial charge in [0.2, 0.25) is 5.91 Å². The number of rotatable bonds is 5. The van der Waals surface area contributed by atoms with Gasteiger partial charge in [0.05, 0.1) is 11.5 Å². The number of likely N-dealkylation sites (tertiary alicyclic amines) is 1. The topological polar surface area (TPSA) is 90.3 Å². The average Bonchev–Trinajstić information content (AvgIpc) is 2.96. The lowest BCUT2D eigenvalue weighted by atomic mass is 9.74. The molecule has 0 radical (unpaired) electrons. The minimum Gasteiger partial charge on any atom is -0.462 e. The number of nitrogens with zero attached hydrogens (tertiary/aromatic N) is 2. The van der Waals surface area contributed by atoms with Crippen molar-refractivity contribution >= 4 is 23.5 Å². The maximum atomic E-state index is 13.3. The van der Waals surface area contributed by atoms with Crippen molar-refractivity contribution in [1.29, 1.82) is 0 Å². The second kappa shape index (κ2) is 14.3. The number of cyclic esters (lactones) is 1. The van der Waals surface area contributed by atoms with Gasteiger partial charge in [-0.2, -0.15) is 0 Å². The molecule has 2 fully saturated rings. The zero-order chi connectivity index (χ0) is 27.7. The molecule has 2 aliphatic rings. The third-order valence-electron chi connectivity index (χ3n) is 8.25. The van der Waals surface area contributed by atoms with Crippen molar-refractivity contribution in [3.63, 3.8) is 0 Å². The highest BCUT2D eigenvalue weighted by molar-refractivity contribution is 6.30. The number of halogens is 1. The highest BCUT2D eigenvalue weighted by Crippen LogP contribution is 2.38. The van der Waals surface area contributed by atoms with Gasteiger partial charge in [0.1, 0.15) is 12.7 Å². The second-order valence-electron chi connectivity index (χ2n) is 11.0. The maximum absolute atomic E-state index is 13.3. The number of aliphatic hydroxyl groups excluding tert-OH is 2. The number of carbonyl (C=O) groups excluding carboxylic acids is 2. The Morgan fingerprint density at radius 2 is 1.62 bits per heavy atom. The van der Waals surface area contributed by atoms with E-state index in [0.29, 0.717) is 50.2 Å². The fourth-order valence-electron chi connectivity index (χ4n) is 5.63. The first-order valence-electron chi connectivity index (χ1n) is 14.2. The molecule has 2 aliphatic heterocycles. The molecule has 2 N–H and O–H groups in total. The first-order valence-corrected chi connectivity index (χ1v) is 14.5. The largest absolute Gasteiger partial charge is 0.462 e. The van der Waals surface area contributed by atoms with E-state index in [2.05, 4.69) is 17.0 Å². The van der Waals surface area contributed by atoms with Crippen LogP contribution in [0.1, 0.15) is 56.1 Å². The molecule has 1 spiro atoms. The van der Waals surface area contributed by atoms with E-state index in [1.54, 1.807) is 4.90 Å². The van der Waals surface area contributed by atoms with Crippen molar-refractivity contribution in [1.82, 2.24) is 9.80 Å². The Balaban J connectivity index is 1.37. The molecule has 2 heterocycles. The summed E-state index contributed by atoms with van der Waals surface area (Å²) in [5.41, 5.74) is 1.70. The molecule has 212 valence electrons. The van der Waals surface area contributed by atoms with Crippen LogP contribution >= 0.6 is 11.6 Å². The minimum absolute atomic E-state index is 0.0257. The van der Waals surface area contributed by atoms with Gasteiger partial charge in [-0.3, -0.25) is 14.5 Å². The average molecular weight is 557 g/mol. The molecule has 7 nitrogen and oxygen atoms in total. The summed E-state index contributed by atoms with van der Waals surface area (Å²) < 4.78 is 5.60. The van der Waals surface area contributed by atoms with E-state index in [-0.39, 0.29) is 24.9 Å². The van der Waals surface area contributed by atoms with Gasteiger partial charge >= 0.3 is 5.97 Å². The number of esters is 1. The van der Waals surface area contributed by atoms with E-state index in [4.69, 9.17) is 16.3 Å². The molecular formula is C31H41ClN2O5. The van der Waals surface area contributed by atoms with Crippen LogP contribution < -0.4 is 0 Å². The van der Waals surface area contributed by atoms with Crippen LogP contribution in [0.3, 0.4) is 0 Å². The van der Waals surface area contributed by atoms with Crippen LogP contribution in [-0.4, -0.2) is 76.9 Å². The number of ether oxygens (including phenoxy) is 1. The Morgan fingerprint density at radius 1 is 0.897 bits per heavy atom. The second-order valence-corrected chi connectivity index (χ2v) is 11.5. The van der Waals surface area contributed by atoms with Gasteiger partial charge in [-0.05, 0) is 74.9 Å². The number of hydrogen-bond donors (Lipinski definition) is 2. The number of hydrogen-bond acceptors (Lipinski definition) is 6. The van der Waals surface area contributed by atoms with Gasteiger partial charge in [-0.15, -0.1) is 0 Å². The maximum Gasteiger partial charge on any atom is 0.312 e. The van der Waals surface area contributed by atoms with Gasteiger partial charge in [-0.25, -0.2) is 0 Å². The quantitative estimate of drug-likeness (QED) is 0.536. The Hall–Kier alpha value is -2.45. The monoisotopic (exact) mass is 556 g/mol. The zero-order valence-electron chi connectivity index (χ0n) is 22.6. The molecule has 39 heavy (non-hydrogen) atoms. The smallest absolute Gasteiger partial charge is 0.312 e. The first kappa shape index (κ1) is 29.5. The summed E-state index contributed by atoms with van der Waals surface area (Å²) in [6, 6.07) is 17.8. The summed E-state index contributed by atoms with van der Waals surface area (Å²) in [6.45, 7) is 3.12. The molecule has 8 heteroatoms. The minimum atomic E-state index is -1.18. The van der Waals surface area contributed by atoms with Gasteiger partial charge < -0.3 is 19.8 Å². The van der Waals surface area contributed by atoms with Crippen LogP contribution in [-0.2, 0) is 27.3 Å². The molecule has 0 aromatic heterocycles. The molecule has 2 saturated heterocycles. The third-order valence-corrected chi connectivity index (χ3v) is 8.50. The van der Waals surface area contributed by atoms with Crippen LogP contribution in [0.2, 0.25) is 5.02 Å². The molecule has 2 atom stereocenters. The number of piperidine rings is 1. The van der Waals surface area contributed by atoms with E-state index in [1.807, 2.05) is 42.5 Å². The lowest BCUT2D eigenvalue weighted by Crippen LogP contribution is -2.45. The Labute approximate surface area is 236 Å². The van der Waals surface area contributed by atoms with Gasteiger partial charge in [0.15, 0.2) is 0 Å². The highest BCUT2D eigenvalue weighted by Gasteiger charge is 2.42. The summed E-state index contributed by atoms with van der Waals surface area (Å²) in [5, 5.41) is 21.7. The van der Waals surface area contributed by atoms with Crippen molar-refractivity contribution in [2.24, 2.45) is 5.41 Å². The van der Waals surface area contributed by atoms with Crippen molar-refractivity contribution in [2.75, 3.05) is 32.8 Å². The molecule has 1 amide bonds. The third kappa shape index (κ3) is 8.52. The lowest BCUT2D eigenvalue weighted by Gasteiger charge is -2.40. The predicted molar refractivity (Wildman–Crippen MR) is 151 cm³/mol. The zero-order valence-corrected chi connectivity index (χ0v) is 23.4. The van der Waals surface area contributed by atoms with Gasteiger partial charge in [0.25, 0.3) is 0 Å². The summed E-state index contributed by atoms with van der Waals surface area (Å²) in [4.78, 5) is 30.6. The number of aryl methyl sites for hydroxylation is 1. The predicted octanol–water partition coefficient (Wildman–Crippen LogP) is 4.22. The summed E-state index contributed by atoms with van der Waals surface area (Å²) in [6.07, 6.45) is 2.60. The lowest BCUT2D eigenvalue weighted by molar-refractivity contribution is -0.165. The fourth-order valence-corrected chi connectivity index (χ4v) is 5.76. The van der Waals surface area contributed by atoms with Crippen LogP contribution in [0.4, 0.5) is 0 Å². The summed E-state index contributed by atoms with van der Waals surface area (Å²) >= 11 is 5.97. The molecule has 0 bridgehead atoms. The Kier molecular flexibility index (Phi) is 10.8. The van der Waals surface area contributed by atoms with Crippen molar-refractivity contribution in [2.45, 2.75) is 70.1 Å². The van der Waals surface area contributed by atoms with Gasteiger partial charge in [0, 0.05) is 31.1 Å². The number of carbonyl (C=O) groups is 2. The van der Waals surface area contributed by atoms with E-state index >= 15 is 0 Å². The first-order chi connectivity index (χ1) is 18.8. The highest BCUT2D eigenvalue weighted by atomic mass is 35.5. The molecule has 0 saturated carbocycles. The standard InChI is InChI=1S/C31H41ClN2O5/c32-26-11-8-24(9-12-26)10-13-29(37)34-18-5-4-15-31(30(38)39-23-28(36)27(35)14-19-34)16-20-33(21-17-31)22-25-6-2-1-3-7-25/h1-3,6-9,11-12,27-28,35-36H,4-5,10,13-23H2/t27-,28+/m0/s1. The van der Waals surface area contributed by atoms with Crippen LogP contribution in [0.5, 0.6) is 0 Å². The van der Waals surface area contributed by atoms with Crippen molar-refractivity contribution in [3.05, 3.63) is 70.7 Å². The molecule has 4 rings (SSSR count). The summed E-state index contributed by atoms with van der Waals surface area (Å²) in [5.74, 6) is -0.249. The molecule has 2 aromatic carbocycles. The Bertz CT molecular complexity index is 1060. The van der Waals surface area contributed by atoms with Crippen molar-refractivity contribution in [3.8, 4) is 0 Å². The molecule has 2 aromatic rings. The normalized spacial score (nSPS) is 23.4. The van der Waals surface area contributed by atoms with E-state index in [0.717, 1.165) is 38.0 Å². The van der Waals surface area contributed by atoms with E-state index < -0.39 is 17.6 Å². The number of amides is 1. The number of benzene rings is 2. The van der Waals surface area contributed by atoms with Crippen molar-refractivity contribution < 1.29 is 24.5 Å². The number of aliphatic hydroxyl groups is 2. The molecular weight excluding hydrogens is 516 g/mol. The molecule has 0 unspecified atom stereocenters.